The molecule has 2 N–H and O–H groups in total. The summed E-state index contributed by atoms with van der Waals surface area (Å²) in [4.78, 5) is 63.2. The van der Waals surface area contributed by atoms with Crippen LogP contribution < -0.4 is 5.32 Å². The lowest BCUT2D eigenvalue weighted by atomic mass is 9.82. The van der Waals surface area contributed by atoms with Gasteiger partial charge < -0.3 is 24.6 Å². The SMILES string of the molecule is C[C@@H](CN(C(=O)O)C(C)(C)C)C(=O)N[C@H](C(=O)N1C[C@H]2CCCN2C[C@H]1c1nc(C(=O)c2ccc(F)cc2)co1)C1CCCCC1. The minimum atomic E-state index is -1.10. The molecule has 0 bridgehead atoms. The van der Waals surface area contributed by atoms with E-state index < -0.39 is 41.2 Å². The van der Waals surface area contributed by atoms with Crippen molar-refractivity contribution in [3.8, 4) is 0 Å². The van der Waals surface area contributed by atoms with E-state index in [9.17, 15) is 28.7 Å². The Kier molecular flexibility index (Phi) is 10.1. The lowest BCUT2D eigenvalue weighted by molar-refractivity contribution is -0.145. The van der Waals surface area contributed by atoms with E-state index >= 15 is 0 Å². The largest absolute Gasteiger partial charge is 0.465 e. The molecular weight excluding hydrogens is 593 g/mol. The van der Waals surface area contributed by atoms with E-state index in [1.165, 1.54) is 35.4 Å². The summed E-state index contributed by atoms with van der Waals surface area (Å²) in [6.07, 6.45) is 6.74. The normalized spacial score (nSPS) is 22.2. The molecule has 46 heavy (non-hydrogen) atoms. The zero-order valence-corrected chi connectivity index (χ0v) is 27.2. The summed E-state index contributed by atoms with van der Waals surface area (Å²) < 4.78 is 19.3. The van der Waals surface area contributed by atoms with Crippen LogP contribution in [-0.4, -0.2) is 92.3 Å². The van der Waals surface area contributed by atoms with Gasteiger partial charge in [0, 0.05) is 36.8 Å². The third-order valence-corrected chi connectivity index (χ3v) is 9.75. The molecule has 3 amide bonds. The van der Waals surface area contributed by atoms with E-state index in [1.54, 1.807) is 32.6 Å². The molecule has 0 unspecified atom stereocenters. The van der Waals surface area contributed by atoms with Crippen LogP contribution in [0.5, 0.6) is 0 Å². The van der Waals surface area contributed by atoms with Gasteiger partial charge in [-0.25, -0.2) is 14.2 Å². The number of carboxylic acid groups (broad SMARTS) is 1. The molecule has 1 saturated carbocycles. The molecule has 2 saturated heterocycles. The highest BCUT2D eigenvalue weighted by molar-refractivity contribution is 6.07. The Morgan fingerprint density at radius 3 is 2.41 bits per heavy atom. The zero-order valence-electron chi connectivity index (χ0n) is 27.2. The van der Waals surface area contributed by atoms with Crippen molar-refractivity contribution < 1.29 is 33.1 Å². The van der Waals surface area contributed by atoms with Crippen molar-refractivity contribution in [3.05, 3.63) is 53.5 Å². The summed E-state index contributed by atoms with van der Waals surface area (Å²) in [5.41, 5.74) is -0.343. The van der Waals surface area contributed by atoms with Crippen LogP contribution in [0.15, 0.2) is 34.9 Å². The molecule has 1 aromatic heterocycles. The highest BCUT2D eigenvalue weighted by Gasteiger charge is 2.45. The number of piperazine rings is 1. The van der Waals surface area contributed by atoms with E-state index in [4.69, 9.17) is 4.42 Å². The van der Waals surface area contributed by atoms with Crippen molar-refractivity contribution in [1.82, 2.24) is 25.0 Å². The van der Waals surface area contributed by atoms with Gasteiger partial charge in [0.25, 0.3) is 0 Å². The summed E-state index contributed by atoms with van der Waals surface area (Å²) in [5.74, 6) is -1.92. The fourth-order valence-electron chi connectivity index (χ4n) is 7.08. The Balaban J connectivity index is 1.40. The minimum Gasteiger partial charge on any atom is -0.465 e. The number of nitrogens with one attached hydrogen (secondary N) is 1. The molecule has 3 fully saturated rings. The van der Waals surface area contributed by atoms with E-state index in [-0.39, 0.29) is 47.5 Å². The molecule has 5 rings (SSSR count). The molecule has 2 aromatic rings. The Morgan fingerprint density at radius 2 is 1.76 bits per heavy atom. The number of aromatic nitrogens is 1. The Morgan fingerprint density at radius 1 is 1.07 bits per heavy atom. The van der Waals surface area contributed by atoms with E-state index in [1.807, 2.05) is 0 Å². The predicted molar refractivity (Wildman–Crippen MR) is 168 cm³/mol. The van der Waals surface area contributed by atoms with Crippen molar-refractivity contribution in [2.24, 2.45) is 11.8 Å². The number of fused-ring (bicyclic) bond motifs is 1. The first-order valence-corrected chi connectivity index (χ1v) is 16.4. The number of nitrogens with zero attached hydrogens (tertiary/aromatic N) is 4. The fourth-order valence-corrected chi connectivity index (χ4v) is 7.08. The van der Waals surface area contributed by atoms with Crippen LogP contribution in [0, 0.1) is 17.7 Å². The van der Waals surface area contributed by atoms with Gasteiger partial charge in [-0.1, -0.05) is 26.2 Å². The number of carbonyl (C=O) groups is 4. The third-order valence-electron chi connectivity index (χ3n) is 9.75. The smallest absolute Gasteiger partial charge is 0.407 e. The molecular formula is C34H46FN5O6. The van der Waals surface area contributed by atoms with Crippen molar-refractivity contribution in [3.63, 3.8) is 0 Å². The number of halogens is 1. The Bertz CT molecular complexity index is 1420. The van der Waals surface area contributed by atoms with Gasteiger partial charge in [-0.3, -0.25) is 19.3 Å². The third kappa shape index (κ3) is 7.43. The van der Waals surface area contributed by atoms with Gasteiger partial charge in [-0.2, -0.15) is 0 Å². The molecule has 250 valence electrons. The quantitative estimate of drug-likeness (QED) is 0.371. The Hall–Kier alpha value is -3.80. The lowest BCUT2D eigenvalue weighted by Crippen LogP contribution is -2.60. The number of benzene rings is 1. The van der Waals surface area contributed by atoms with Crippen molar-refractivity contribution in [1.29, 1.82) is 0 Å². The highest BCUT2D eigenvalue weighted by Crippen LogP contribution is 2.35. The van der Waals surface area contributed by atoms with Gasteiger partial charge in [-0.15, -0.1) is 0 Å². The summed E-state index contributed by atoms with van der Waals surface area (Å²) >= 11 is 0. The maximum Gasteiger partial charge on any atom is 0.407 e. The molecule has 3 aliphatic rings. The van der Waals surface area contributed by atoms with Crippen LogP contribution in [0.3, 0.4) is 0 Å². The van der Waals surface area contributed by atoms with Crippen LogP contribution in [0.1, 0.15) is 101 Å². The minimum absolute atomic E-state index is 0.000787. The van der Waals surface area contributed by atoms with E-state index in [0.717, 1.165) is 51.5 Å². The van der Waals surface area contributed by atoms with Gasteiger partial charge in [0.2, 0.25) is 23.5 Å². The van der Waals surface area contributed by atoms with Crippen LogP contribution in [0.2, 0.25) is 0 Å². The average Bonchev–Trinajstić information content (AvgIpc) is 3.71. The molecule has 0 spiro atoms. The van der Waals surface area contributed by atoms with Crippen LogP contribution in [-0.2, 0) is 9.59 Å². The van der Waals surface area contributed by atoms with Crippen molar-refractivity contribution >= 4 is 23.7 Å². The lowest BCUT2D eigenvalue weighted by Gasteiger charge is -2.44. The monoisotopic (exact) mass is 639 g/mol. The topological polar surface area (TPSA) is 136 Å². The van der Waals surface area contributed by atoms with Gasteiger partial charge in [0.05, 0.1) is 5.92 Å². The van der Waals surface area contributed by atoms with Gasteiger partial charge in [0.15, 0.2) is 0 Å². The van der Waals surface area contributed by atoms with Crippen molar-refractivity contribution in [2.75, 3.05) is 26.2 Å². The van der Waals surface area contributed by atoms with E-state index in [2.05, 4.69) is 15.2 Å². The molecule has 1 aliphatic carbocycles. The predicted octanol–water partition coefficient (Wildman–Crippen LogP) is 4.87. The zero-order chi connectivity index (χ0) is 33.2. The van der Waals surface area contributed by atoms with Gasteiger partial charge in [-0.05, 0) is 83.2 Å². The molecule has 12 heteroatoms. The second kappa shape index (κ2) is 13.9. The molecule has 1 aromatic carbocycles. The molecule has 4 atom stereocenters. The summed E-state index contributed by atoms with van der Waals surface area (Å²) in [6, 6.07) is 4.04. The van der Waals surface area contributed by atoms with Gasteiger partial charge in [0.1, 0.15) is 29.9 Å². The number of hydrogen-bond donors (Lipinski definition) is 2. The number of hydrogen-bond acceptors (Lipinski definition) is 7. The van der Waals surface area contributed by atoms with E-state index in [0.29, 0.717) is 13.1 Å². The fraction of sp³-hybridized carbons (Fsp3) is 0.618. The molecule has 0 radical (unpaired) electrons. The second-order valence-corrected chi connectivity index (χ2v) is 14.1. The van der Waals surface area contributed by atoms with Crippen LogP contribution in [0.4, 0.5) is 9.18 Å². The summed E-state index contributed by atoms with van der Waals surface area (Å²) in [5, 5.41) is 12.8. The number of rotatable bonds is 9. The Labute approximate surface area is 269 Å². The number of carbonyl (C=O) groups excluding carboxylic acids is 3. The molecule has 3 heterocycles. The van der Waals surface area contributed by atoms with Crippen molar-refractivity contribution in [2.45, 2.75) is 96.3 Å². The van der Waals surface area contributed by atoms with Crippen LogP contribution >= 0.6 is 0 Å². The second-order valence-electron chi connectivity index (χ2n) is 14.1. The summed E-state index contributed by atoms with van der Waals surface area (Å²) in [7, 11) is 0. The maximum atomic E-state index is 14.6. The first-order valence-electron chi connectivity index (χ1n) is 16.4. The number of oxazole rings is 1. The molecule has 11 nitrogen and oxygen atoms in total. The molecule has 2 aliphatic heterocycles. The first kappa shape index (κ1) is 33.6. The highest BCUT2D eigenvalue weighted by atomic mass is 19.1. The van der Waals surface area contributed by atoms with Crippen LogP contribution in [0.25, 0.3) is 0 Å². The maximum absolute atomic E-state index is 14.6. The standard InChI is InChI=1S/C34H46FN5O6/c1-21(17-40(33(44)45)34(2,3)4)30(42)37-28(22-9-6-5-7-10-22)32(43)39-18-25-11-8-16-38(25)19-27(39)31-36-26(20-46-31)29(41)23-12-14-24(35)15-13-23/h12-15,20-22,25,27-28H,5-11,16-19H2,1-4H3,(H,37,42)(H,44,45)/t21-,25+,27-,28-/m0/s1. The number of amides is 3. The summed E-state index contributed by atoms with van der Waals surface area (Å²) in [6.45, 7) is 8.85. The van der Waals surface area contributed by atoms with Gasteiger partial charge >= 0.3 is 6.09 Å². The number of ketones is 1. The average molecular weight is 640 g/mol. The first-order chi connectivity index (χ1) is 21.8.